The summed E-state index contributed by atoms with van der Waals surface area (Å²) in [5.74, 6) is 0. The van der Waals surface area contributed by atoms with Crippen LogP contribution < -0.4 is 0 Å². The fourth-order valence-corrected chi connectivity index (χ4v) is 2.48. The van der Waals surface area contributed by atoms with Crippen molar-refractivity contribution in [1.29, 1.82) is 0 Å². The van der Waals surface area contributed by atoms with Gasteiger partial charge in [-0.05, 0) is 24.5 Å². The molecular weight excluding hydrogens is 186 g/mol. The number of aromatic nitrogens is 1. The standard InChI is InChI=1S/C9H9NS2/c1-11-9-5-7(6-12-9)8-3-2-4-10-8/h2-6,10H,1H3. The third-order valence-electron chi connectivity index (χ3n) is 1.69. The van der Waals surface area contributed by atoms with Gasteiger partial charge in [0.05, 0.1) is 4.21 Å². The molecule has 0 aromatic carbocycles. The highest BCUT2D eigenvalue weighted by Gasteiger charge is 2.00. The van der Waals surface area contributed by atoms with Crippen LogP contribution in [0.3, 0.4) is 0 Å². The van der Waals surface area contributed by atoms with Crippen LogP contribution in [-0.4, -0.2) is 11.2 Å². The number of aromatic amines is 1. The van der Waals surface area contributed by atoms with Gasteiger partial charge in [0, 0.05) is 22.8 Å². The van der Waals surface area contributed by atoms with Crippen LogP contribution in [0.2, 0.25) is 0 Å². The van der Waals surface area contributed by atoms with E-state index in [0.29, 0.717) is 0 Å². The second kappa shape index (κ2) is 3.37. The van der Waals surface area contributed by atoms with Gasteiger partial charge in [-0.1, -0.05) is 0 Å². The molecular formula is C9H9NS2. The summed E-state index contributed by atoms with van der Waals surface area (Å²) in [5.41, 5.74) is 2.49. The average molecular weight is 195 g/mol. The third kappa shape index (κ3) is 1.42. The van der Waals surface area contributed by atoms with E-state index in [4.69, 9.17) is 0 Å². The molecule has 0 unspecified atom stereocenters. The van der Waals surface area contributed by atoms with Crippen molar-refractivity contribution in [2.75, 3.05) is 6.26 Å². The first-order valence-electron chi connectivity index (χ1n) is 3.66. The van der Waals surface area contributed by atoms with Crippen molar-refractivity contribution in [3.05, 3.63) is 29.8 Å². The van der Waals surface area contributed by atoms with Crippen molar-refractivity contribution in [2.24, 2.45) is 0 Å². The van der Waals surface area contributed by atoms with E-state index < -0.39 is 0 Å². The molecule has 0 aliphatic carbocycles. The maximum absolute atomic E-state index is 3.19. The highest BCUT2D eigenvalue weighted by Crippen LogP contribution is 2.29. The number of nitrogens with one attached hydrogen (secondary N) is 1. The minimum absolute atomic E-state index is 1.20. The van der Waals surface area contributed by atoms with Gasteiger partial charge in [0.15, 0.2) is 0 Å². The summed E-state index contributed by atoms with van der Waals surface area (Å²) in [5, 5.41) is 2.18. The molecule has 62 valence electrons. The van der Waals surface area contributed by atoms with Crippen molar-refractivity contribution in [3.63, 3.8) is 0 Å². The zero-order chi connectivity index (χ0) is 8.39. The fourth-order valence-electron chi connectivity index (χ4n) is 1.07. The second-order valence-electron chi connectivity index (χ2n) is 2.44. The Labute approximate surface area is 79.8 Å². The molecule has 0 saturated heterocycles. The molecule has 0 fully saturated rings. The van der Waals surface area contributed by atoms with Crippen LogP contribution in [0.5, 0.6) is 0 Å². The Morgan fingerprint density at radius 2 is 2.42 bits per heavy atom. The summed E-state index contributed by atoms with van der Waals surface area (Å²) in [4.78, 5) is 3.19. The Balaban J connectivity index is 2.35. The molecule has 2 aromatic heterocycles. The molecule has 0 aliphatic rings. The van der Waals surface area contributed by atoms with E-state index in [9.17, 15) is 0 Å². The van der Waals surface area contributed by atoms with Gasteiger partial charge in [0.1, 0.15) is 0 Å². The number of hydrogen-bond acceptors (Lipinski definition) is 2. The molecule has 3 heteroatoms. The number of rotatable bonds is 2. The van der Waals surface area contributed by atoms with Crippen molar-refractivity contribution in [3.8, 4) is 11.3 Å². The van der Waals surface area contributed by atoms with Gasteiger partial charge in [0.2, 0.25) is 0 Å². The monoisotopic (exact) mass is 195 g/mol. The predicted molar refractivity (Wildman–Crippen MR) is 55.9 cm³/mol. The van der Waals surface area contributed by atoms with Crippen molar-refractivity contribution < 1.29 is 0 Å². The van der Waals surface area contributed by atoms with E-state index in [1.807, 2.05) is 12.3 Å². The Morgan fingerprint density at radius 3 is 3.00 bits per heavy atom. The number of thioether (sulfide) groups is 1. The van der Waals surface area contributed by atoms with Crippen LogP contribution in [-0.2, 0) is 0 Å². The van der Waals surface area contributed by atoms with Crippen LogP contribution in [0, 0.1) is 0 Å². The Bertz CT molecular complexity index is 348. The number of hydrogen-bond donors (Lipinski definition) is 1. The van der Waals surface area contributed by atoms with Gasteiger partial charge in [0.25, 0.3) is 0 Å². The summed E-state index contributed by atoms with van der Waals surface area (Å²) in [6.45, 7) is 0. The summed E-state index contributed by atoms with van der Waals surface area (Å²) in [6, 6.07) is 6.32. The van der Waals surface area contributed by atoms with E-state index in [1.165, 1.54) is 15.5 Å². The second-order valence-corrected chi connectivity index (χ2v) is 4.46. The zero-order valence-corrected chi connectivity index (χ0v) is 8.34. The first kappa shape index (κ1) is 7.95. The van der Waals surface area contributed by atoms with Gasteiger partial charge in [-0.2, -0.15) is 0 Å². The van der Waals surface area contributed by atoms with Crippen molar-refractivity contribution in [1.82, 2.24) is 4.98 Å². The lowest BCUT2D eigenvalue weighted by atomic mass is 10.2. The highest BCUT2D eigenvalue weighted by molar-refractivity contribution is 8.00. The molecule has 12 heavy (non-hydrogen) atoms. The lowest BCUT2D eigenvalue weighted by Crippen LogP contribution is -1.68. The van der Waals surface area contributed by atoms with E-state index in [1.54, 1.807) is 23.1 Å². The molecule has 2 heterocycles. The maximum Gasteiger partial charge on any atom is 0.0602 e. The van der Waals surface area contributed by atoms with Crippen LogP contribution in [0.25, 0.3) is 11.3 Å². The molecule has 0 bridgehead atoms. The van der Waals surface area contributed by atoms with E-state index in [-0.39, 0.29) is 0 Å². The third-order valence-corrected chi connectivity index (χ3v) is 3.72. The first-order valence-corrected chi connectivity index (χ1v) is 5.77. The van der Waals surface area contributed by atoms with Crippen LogP contribution in [0.4, 0.5) is 0 Å². The largest absolute Gasteiger partial charge is 0.361 e. The summed E-state index contributed by atoms with van der Waals surface area (Å²) >= 11 is 3.58. The summed E-state index contributed by atoms with van der Waals surface area (Å²) in [7, 11) is 0. The molecule has 0 amide bonds. The predicted octanol–water partition coefficient (Wildman–Crippen LogP) is 3.47. The smallest absolute Gasteiger partial charge is 0.0602 e. The highest BCUT2D eigenvalue weighted by atomic mass is 32.2. The van der Waals surface area contributed by atoms with Crippen molar-refractivity contribution >= 4 is 23.1 Å². The average Bonchev–Trinajstić information content (AvgIpc) is 2.75. The quantitative estimate of drug-likeness (QED) is 0.725. The van der Waals surface area contributed by atoms with Gasteiger partial charge >= 0.3 is 0 Å². The van der Waals surface area contributed by atoms with Crippen LogP contribution >= 0.6 is 23.1 Å². The Kier molecular flexibility index (Phi) is 2.23. The van der Waals surface area contributed by atoms with E-state index in [2.05, 4.69) is 28.8 Å². The molecule has 0 atom stereocenters. The lowest BCUT2D eigenvalue weighted by Gasteiger charge is -1.88. The minimum Gasteiger partial charge on any atom is -0.361 e. The van der Waals surface area contributed by atoms with Gasteiger partial charge in [-0.3, -0.25) is 0 Å². The molecule has 1 nitrogen and oxygen atoms in total. The Hall–Kier alpha value is -0.670. The lowest BCUT2D eigenvalue weighted by molar-refractivity contribution is 1.41. The molecule has 0 spiro atoms. The summed E-state index contributed by atoms with van der Waals surface area (Å²) in [6.07, 6.45) is 4.05. The number of H-pyrrole nitrogens is 1. The summed E-state index contributed by atoms with van der Waals surface area (Å²) < 4.78 is 1.36. The molecule has 2 rings (SSSR count). The minimum atomic E-state index is 1.20. The van der Waals surface area contributed by atoms with Gasteiger partial charge < -0.3 is 4.98 Å². The number of thiophene rings is 1. The normalized spacial score (nSPS) is 10.4. The molecule has 0 saturated carbocycles. The van der Waals surface area contributed by atoms with Crippen LogP contribution in [0.1, 0.15) is 0 Å². The molecule has 0 aliphatic heterocycles. The zero-order valence-electron chi connectivity index (χ0n) is 6.70. The fraction of sp³-hybridized carbons (Fsp3) is 0.111. The molecule has 0 radical (unpaired) electrons. The van der Waals surface area contributed by atoms with Crippen molar-refractivity contribution in [2.45, 2.75) is 4.21 Å². The SMILES string of the molecule is CSc1cc(-c2ccc[nH]2)cs1. The first-order chi connectivity index (χ1) is 5.90. The molecule has 1 N–H and O–H groups in total. The molecule has 2 aromatic rings. The topological polar surface area (TPSA) is 15.8 Å². The Morgan fingerprint density at radius 1 is 1.50 bits per heavy atom. The van der Waals surface area contributed by atoms with Gasteiger partial charge in [-0.25, -0.2) is 0 Å². The van der Waals surface area contributed by atoms with E-state index >= 15 is 0 Å². The maximum atomic E-state index is 3.19. The van der Waals surface area contributed by atoms with E-state index in [0.717, 1.165) is 0 Å². The van der Waals surface area contributed by atoms with Crippen LogP contribution in [0.15, 0.2) is 34.0 Å². The van der Waals surface area contributed by atoms with Gasteiger partial charge in [-0.15, -0.1) is 23.1 Å².